The predicted molar refractivity (Wildman–Crippen MR) is 83.0 cm³/mol. The number of fused-ring (bicyclic) bond motifs is 1. The minimum atomic E-state index is 0.576. The number of hydrogen-bond donors (Lipinski definition) is 0. The van der Waals surface area contributed by atoms with Crippen LogP contribution in [0.1, 0.15) is 41.0 Å². The van der Waals surface area contributed by atoms with E-state index >= 15 is 0 Å². The molecule has 0 saturated heterocycles. The lowest BCUT2D eigenvalue weighted by atomic mass is 9.55. The van der Waals surface area contributed by atoms with Crippen molar-refractivity contribution in [1.82, 2.24) is 0 Å². The summed E-state index contributed by atoms with van der Waals surface area (Å²) in [5.41, 5.74) is 6.26. The number of rotatable bonds is 1. The third kappa shape index (κ3) is 1.45. The normalized spacial score (nSPS) is 30.8. The summed E-state index contributed by atoms with van der Waals surface area (Å²) in [5.74, 6) is 2.59. The zero-order chi connectivity index (χ0) is 13.0. The molecule has 0 radical (unpaired) electrons. The zero-order valence-electron chi connectivity index (χ0n) is 11.0. The van der Waals surface area contributed by atoms with Gasteiger partial charge in [-0.25, -0.2) is 0 Å². The molecule has 0 amide bonds. The standard InChI is InChI=1S/C18H17Br/c1-11-16(10-19)18-14-8-4-2-6-12(14)17(11)13-7-3-5-9-15(13)18/h2-9,11,16-18H,10H2,1H3/t11-,16-,17?,18?/m0/s1. The van der Waals surface area contributed by atoms with E-state index in [-0.39, 0.29) is 0 Å². The Hall–Kier alpha value is -1.08. The van der Waals surface area contributed by atoms with Gasteiger partial charge in [0.15, 0.2) is 0 Å². The largest absolute Gasteiger partial charge is 0.0925 e. The highest BCUT2D eigenvalue weighted by Crippen LogP contribution is 2.58. The first-order chi connectivity index (χ1) is 9.33. The molecular weight excluding hydrogens is 296 g/mol. The molecule has 0 aromatic heterocycles. The van der Waals surface area contributed by atoms with Crippen LogP contribution in [0.25, 0.3) is 0 Å². The van der Waals surface area contributed by atoms with E-state index in [0.29, 0.717) is 17.8 Å². The van der Waals surface area contributed by atoms with Crippen LogP contribution in [0, 0.1) is 11.8 Å². The van der Waals surface area contributed by atoms with Crippen LogP contribution in [0.2, 0.25) is 0 Å². The minimum absolute atomic E-state index is 0.576. The zero-order valence-corrected chi connectivity index (χ0v) is 12.6. The van der Waals surface area contributed by atoms with Gasteiger partial charge in [-0.3, -0.25) is 0 Å². The molecule has 0 saturated carbocycles. The average Bonchev–Trinajstić information content (AvgIpc) is 2.47. The van der Waals surface area contributed by atoms with Crippen molar-refractivity contribution in [1.29, 1.82) is 0 Å². The third-order valence-electron chi connectivity index (χ3n) is 5.14. The van der Waals surface area contributed by atoms with Crippen molar-refractivity contribution in [2.75, 3.05) is 5.33 Å². The lowest BCUT2D eigenvalue weighted by Gasteiger charge is -2.49. The Morgan fingerprint density at radius 3 is 1.63 bits per heavy atom. The van der Waals surface area contributed by atoms with Crippen LogP contribution in [0.15, 0.2) is 48.5 Å². The highest BCUT2D eigenvalue weighted by Gasteiger charge is 2.46. The molecule has 1 heteroatoms. The lowest BCUT2D eigenvalue weighted by Crippen LogP contribution is -2.39. The molecule has 0 fully saturated rings. The minimum Gasteiger partial charge on any atom is -0.0925 e. The highest BCUT2D eigenvalue weighted by molar-refractivity contribution is 9.09. The summed E-state index contributed by atoms with van der Waals surface area (Å²) in [6, 6.07) is 18.1. The van der Waals surface area contributed by atoms with Crippen molar-refractivity contribution < 1.29 is 0 Å². The molecule has 0 heterocycles. The number of benzene rings is 2. The van der Waals surface area contributed by atoms with Crippen LogP contribution in [-0.4, -0.2) is 5.33 Å². The van der Waals surface area contributed by atoms with Gasteiger partial charge in [0.25, 0.3) is 0 Å². The molecule has 2 aromatic rings. The van der Waals surface area contributed by atoms with Gasteiger partial charge in [0.1, 0.15) is 0 Å². The molecule has 0 N–H and O–H groups in total. The Kier molecular flexibility index (Phi) is 2.60. The molecule has 0 nitrogen and oxygen atoms in total. The van der Waals surface area contributed by atoms with Crippen LogP contribution in [-0.2, 0) is 0 Å². The smallest absolute Gasteiger partial charge is 0.0134 e. The summed E-state index contributed by atoms with van der Waals surface area (Å²) < 4.78 is 0. The maximum atomic E-state index is 3.76. The number of alkyl halides is 1. The van der Waals surface area contributed by atoms with Crippen molar-refractivity contribution in [3.05, 3.63) is 70.8 Å². The highest BCUT2D eigenvalue weighted by atomic mass is 79.9. The summed E-state index contributed by atoms with van der Waals surface area (Å²) in [7, 11) is 0. The number of hydrogen-bond acceptors (Lipinski definition) is 0. The number of halogens is 1. The lowest BCUT2D eigenvalue weighted by molar-refractivity contribution is 0.277. The van der Waals surface area contributed by atoms with Gasteiger partial charge in [0, 0.05) is 17.2 Å². The summed E-state index contributed by atoms with van der Waals surface area (Å²) >= 11 is 3.76. The summed E-state index contributed by atoms with van der Waals surface area (Å²) in [6.07, 6.45) is 0. The fourth-order valence-electron chi connectivity index (χ4n) is 4.30. The van der Waals surface area contributed by atoms with E-state index in [9.17, 15) is 0 Å². The van der Waals surface area contributed by atoms with E-state index in [4.69, 9.17) is 0 Å². The van der Waals surface area contributed by atoms with E-state index in [1.54, 1.807) is 22.3 Å². The molecule has 3 aliphatic carbocycles. The Labute approximate surface area is 123 Å². The Bertz CT molecular complexity index is 584. The first-order valence-corrected chi connectivity index (χ1v) is 8.18. The molecule has 19 heavy (non-hydrogen) atoms. The molecular formula is C18H17Br. The van der Waals surface area contributed by atoms with Gasteiger partial charge in [0.05, 0.1) is 0 Å². The van der Waals surface area contributed by atoms with Crippen molar-refractivity contribution in [2.24, 2.45) is 11.8 Å². The molecule has 5 rings (SSSR count). The monoisotopic (exact) mass is 312 g/mol. The molecule has 2 atom stereocenters. The Balaban J connectivity index is 2.03. The topological polar surface area (TPSA) is 0 Å². The summed E-state index contributed by atoms with van der Waals surface area (Å²) in [4.78, 5) is 0. The molecule has 0 spiro atoms. The van der Waals surface area contributed by atoms with Crippen LogP contribution in [0.4, 0.5) is 0 Å². The van der Waals surface area contributed by atoms with Gasteiger partial charge in [-0.15, -0.1) is 0 Å². The predicted octanol–water partition coefficient (Wildman–Crippen LogP) is 4.92. The summed E-state index contributed by atoms with van der Waals surface area (Å²) in [6.45, 7) is 2.43. The van der Waals surface area contributed by atoms with E-state index in [1.807, 2.05) is 0 Å². The Morgan fingerprint density at radius 1 is 0.789 bits per heavy atom. The maximum Gasteiger partial charge on any atom is 0.0134 e. The second-order valence-corrected chi connectivity index (χ2v) is 6.54. The van der Waals surface area contributed by atoms with Crippen LogP contribution in [0.5, 0.6) is 0 Å². The second kappa shape index (κ2) is 4.21. The van der Waals surface area contributed by atoms with Crippen LogP contribution in [0.3, 0.4) is 0 Å². The van der Waals surface area contributed by atoms with Crippen molar-refractivity contribution in [2.45, 2.75) is 18.8 Å². The van der Waals surface area contributed by atoms with Crippen molar-refractivity contribution >= 4 is 15.9 Å². The molecule has 3 aliphatic rings. The fraction of sp³-hybridized carbons (Fsp3) is 0.333. The van der Waals surface area contributed by atoms with Gasteiger partial charge < -0.3 is 0 Å². The van der Waals surface area contributed by atoms with Gasteiger partial charge in [-0.2, -0.15) is 0 Å². The first kappa shape index (κ1) is 11.7. The SMILES string of the molecule is C[C@@H]1C2c3ccccc3C(c3ccccc32)[C@H]1CBr. The molecule has 2 bridgehead atoms. The van der Waals surface area contributed by atoms with Crippen molar-refractivity contribution in [3.63, 3.8) is 0 Å². The molecule has 0 unspecified atom stereocenters. The van der Waals surface area contributed by atoms with E-state index < -0.39 is 0 Å². The first-order valence-electron chi connectivity index (χ1n) is 7.06. The molecule has 2 aromatic carbocycles. The quantitative estimate of drug-likeness (QED) is 0.655. The molecule has 96 valence electrons. The maximum absolute atomic E-state index is 3.76. The molecule has 0 aliphatic heterocycles. The van der Waals surface area contributed by atoms with E-state index in [2.05, 4.69) is 71.4 Å². The van der Waals surface area contributed by atoms with Gasteiger partial charge in [-0.05, 0) is 34.1 Å². The second-order valence-electron chi connectivity index (χ2n) is 5.89. The van der Waals surface area contributed by atoms with Gasteiger partial charge in [-0.1, -0.05) is 71.4 Å². The van der Waals surface area contributed by atoms with Crippen molar-refractivity contribution in [3.8, 4) is 0 Å². The van der Waals surface area contributed by atoms with E-state index in [0.717, 1.165) is 11.2 Å². The van der Waals surface area contributed by atoms with Gasteiger partial charge >= 0.3 is 0 Å². The van der Waals surface area contributed by atoms with Crippen LogP contribution >= 0.6 is 15.9 Å². The summed E-state index contributed by atoms with van der Waals surface area (Å²) in [5, 5.41) is 1.10. The van der Waals surface area contributed by atoms with Crippen LogP contribution < -0.4 is 0 Å². The fourth-order valence-corrected chi connectivity index (χ4v) is 5.26. The Morgan fingerprint density at radius 2 is 1.21 bits per heavy atom. The van der Waals surface area contributed by atoms with Gasteiger partial charge in [0.2, 0.25) is 0 Å². The average molecular weight is 313 g/mol. The van der Waals surface area contributed by atoms with E-state index in [1.165, 1.54) is 0 Å². The third-order valence-corrected chi connectivity index (χ3v) is 5.89.